The molecule has 46 valence electrons. The molecule has 0 aliphatic heterocycles. The monoisotopic (exact) mass is 380 g/mol. The van der Waals surface area contributed by atoms with Gasteiger partial charge in [-0.05, 0) is 12.2 Å². The van der Waals surface area contributed by atoms with E-state index < -0.39 is 0 Å². The van der Waals surface area contributed by atoms with Crippen LogP contribution in [-0.2, 0) is 44.8 Å². The summed E-state index contributed by atoms with van der Waals surface area (Å²) in [4.78, 5) is 0. The molecule has 0 aliphatic rings. The zero-order valence-electron chi connectivity index (χ0n) is 2.67. The van der Waals surface area contributed by atoms with Crippen LogP contribution in [0, 0.1) is 0 Å². The Hall–Kier alpha value is 1.17. The second kappa shape index (κ2) is 9.48. The Bertz CT molecular complexity index is 36.5. The zero-order chi connectivity index (χ0) is 3.58. The van der Waals surface area contributed by atoms with Crippen LogP contribution in [0.15, 0.2) is 0 Å². The summed E-state index contributed by atoms with van der Waals surface area (Å²) in [6.45, 7) is 0. The van der Waals surface area contributed by atoms with Crippen LogP contribution in [-0.4, -0.2) is 5.11 Å². The van der Waals surface area contributed by atoms with Gasteiger partial charge in [0.1, 0.15) is 0 Å². The van der Waals surface area contributed by atoms with Crippen molar-refractivity contribution < 1.29 is 44.8 Å². The van der Waals surface area contributed by atoms with Crippen LogP contribution in [0.5, 0.6) is 0 Å². The molecular formula is CH4AgAuN2S. The summed E-state index contributed by atoms with van der Waals surface area (Å²) in [5.74, 6) is 0. The van der Waals surface area contributed by atoms with Gasteiger partial charge >= 0.3 is 0 Å². The number of hydrogen-bond donors (Lipinski definition) is 2. The molecule has 0 aromatic rings. The van der Waals surface area contributed by atoms with Crippen molar-refractivity contribution >= 4 is 17.3 Å². The van der Waals surface area contributed by atoms with Crippen LogP contribution in [0.1, 0.15) is 0 Å². The Labute approximate surface area is 73.0 Å². The van der Waals surface area contributed by atoms with Crippen LogP contribution in [0.3, 0.4) is 0 Å². The molecule has 0 heterocycles. The van der Waals surface area contributed by atoms with E-state index in [4.69, 9.17) is 0 Å². The van der Waals surface area contributed by atoms with Gasteiger partial charge in [0.2, 0.25) is 0 Å². The number of thiocarbonyl (C=S) groups is 1. The van der Waals surface area contributed by atoms with Crippen molar-refractivity contribution in [3.63, 3.8) is 0 Å². The molecule has 0 saturated carbocycles. The first-order chi connectivity index (χ1) is 1.73. The van der Waals surface area contributed by atoms with Gasteiger partial charge in [0, 0.05) is 44.8 Å². The van der Waals surface area contributed by atoms with Gasteiger partial charge in [-0.25, -0.2) is 0 Å². The SMILES string of the molecule is NC(N)=S.[Ag].[Au]. The van der Waals surface area contributed by atoms with E-state index in [-0.39, 0.29) is 49.9 Å². The van der Waals surface area contributed by atoms with Crippen molar-refractivity contribution in [2.75, 3.05) is 0 Å². The van der Waals surface area contributed by atoms with E-state index in [1.165, 1.54) is 0 Å². The summed E-state index contributed by atoms with van der Waals surface area (Å²) in [5.41, 5.74) is 9.24. The number of nitrogens with two attached hydrogens (primary N) is 2. The average molecular weight is 381 g/mol. The topological polar surface area (TPSA) is 52.0 Å². The zero-order valence-corrected chi connectivity index (χ0v) is 7.13. The Balaban J connectivity index is -0.0000000450. The van der Waals surface area contributed by atoms with Gasteiger partial charge in [-0.2, -0.15) is 0 Å². The average Bonchev–Trinajstić information content (AvgIpc) is 0.811. The second-order valence-corrected chi connectivity index (χ2v) is 0.874. The molecule has 0 aliphatic carbocycles. The molecule has 0 atom stereocenters. The molecule has 4 N–H and O–H groups in total. The molecule has 0 saturated heterocycles. The van der Waals surface area contributed by atoms with Gasteiger partial charge in [-0.15, -0.1) is 0 Å². The maximum atomic E-state index is 4.62. The largest absolute Gasteiger partial charge is 0.377 e. The van der Waals surface area contributed by atoms with Crippen LogP contribution in [0.25, 0.3) is 0 Å². The fraction of sp³-hybridized carbons (Fsp3) is 0. The molecule has 0 amide bonds. The van der Waals surface area contributed by atoms with Gasteiger partial charge in [0.25, 0.3) is 0 Å². The smallest absolute Gasteiger partial charge is 0.160 e. The minimum absolute atomic E-state index is 0. The third-order valence-electron chi connectivity index (χ3n) is 0. The standard InChI is InChI=1S/CH4N2S.Ag.Au/c2-1(3)4;;/h(H4,2,3,4);;. The van der Waals surface area contributed by atoms with Crippen LogP contribution >= 0.6 is 12.2 Å². The van der Waals surface area contributed by atoms with Crippen molar-refractivity contribution in [1.82, 2.24) is 0 Å². The Morgan fingerprint density at radius 3 is 1.33 bits per heavy atom. The molecule has 0 rings (SSSR count). The van der Waals surface area contributed by atoms with Crippen molar-refractivity contribution in [1.29, 1.82) is 0 Å². The molecule has 0 unspecified atom stereocenters. The minimum atomic E-state index is 0. The summed E-state index contributed by atoms with van der Waals surface area (Å²) < 4.78 is 0. The summed E-state index contributed by atoms with van der Waals surface area (Å²) in [6.07, 6.45) is 0. The Morgan fingerprint density at radius 1 is 1.33 bits per heavy atom. The first-order valence-corrected chi connectivity index (χ1v) is 1.19. The van der Waals surface area contributed by atoms with Crippen molar-refractivity contribution in [3.8, 4) is 0 Å². The normalized spacial score (nSPS) is 4.00. The van der Waals surface area contributed by atoms with E-state index in [1.54, 1.807) is 0 Å². The minimum Gasteiger partial charge on any atom is -0.377 e. The first kappa shape index (κ1) is 15.7. The van der Waals surface area contributed by atoms with Gasteiger partial charge in [0.15, 0.2) is 5.11 Å². The van der Waals surface area contributed by atoms with E-state index in [1.807, 2.05) is 0 Å². The molecule has 0 aromatic carbocycles. The third-order valence-corrected chi connectivity index (χ3v) is 0. The molecule has 0 aromatic heterocycles. The predicted molar refractivity (Wildman–Crippen MR) is 21.0 cm³/mol. The van der Waals surface area contributed by atoms with Gasteiger partial charge in [0.05, 0.1) is 0 Å². The Morgan fingerprint density at radius 2 is 1.33 bits per heavy atom. The van der Waals surface area contributed by atoms with Gasteiger partial charge in [-0.3, -0.25) is 0 Å². The van der Waals surface area contributed by atoms with Gasteiger partial charge in [-0.1, -0.05) is 0 Å². The van der Waals surface area contributed by atoms with E-state index in [9.17, 15) is 0 Å². The van der Waals surface area contributed by atoms with E-state index >= 15 is 0 Å². The van der Waals surface area contributed by atoms with E-state index in [2.05, 4.69) is 23.7 Å². The summed E-state index contributed by atoms with van der Waals surface area (Å²) >= 11 is 4.09. The van der Waals surface area contributed by atoms with E-state index in [0.29, 0.717) is 0 Å². The third kappa shape index (κ3) is 65.6. The van der Waals surface area contributed by atoms with Gasteiger partial charge < -0.3 is 11.5 Å². The quantitative estimate of drug-likeness (QED) is 0.426. The fourth-order valence-electron chi connectivity index (χ4n) is 0. The van der Waals surface area contributed by atoms with Crippen molar-refractivity contribution in [2.24, 2.45) is 11.5 Å². The molecule has 0 spiro atoms. The molecule has 6 heavy (non-hydrogen) atoms. The Kier molecular flexibility index (Phi) is 24.8. The van der Waals surface area contributed by atoms with Crippen molar-refractivity contribution in [3.05, 3.63) is 0 Å². The van der Waals surface area contributed by atoms with Crippen LogP contribution < -0.4 is 11.5 Å². The summed E-state index contributed by atoms with van der Waals surface area (Å²) in [5, 5.41) is 0.000000000000000222. The van der Waals surface area contributed by atoms with Crippen LogP contribution in [0.2, 0.25) is 0 Å². The number of rotatable bonds is 0. The predicted octanol–water partition coefficient (Wildman–Crippen LogP) is -0.816. The number of hydrogen-bond acceptors (Lipinski definition) is 1. The van der Waals surface area contributed by atoms with Crippen LogP contribution in [0.4, 0.5) is 0 Å². The van der Waals surface area contributed by atoms with E-state index in [0.717, 1.165) is 0 Å². The molecule has 0 bridgehead atoms. The van der Waals surface area contributed by atoms with Crippen molar-refractivity contribution in [2.45, 2.75) is 0 Å². The summed E-state index contributed by atoms with van der Waals surface area (Å²) in [6, 6.07) is 0. The fourth-order valence-corrected chi connectivity index (χ4v) is 0. The maximum absolute atomic E-state index is 4.62. The molecule has 0 fully saturated rings. The maximum Gasteiger partial charge on any atom is 0.160 e. The first-order valence-electron chi connectivity index (χ1n) is 0.781. The molecule has 5 heteroatoms. The molecule has 2 radical (unpaired) electrons. The second-order valence-electron chi connectivity index (χ2n) is 0.402. The molecular weight excluding hydrogens is 377 g/mol. The summed E-state index contributed by atoms with van der Waals surface area (Å²) in [7, 11) is 0. The molecule has 2 nitrogen and oxygen atoms in total.